The molecule has 0 radical (unpaired) electrons. The Kier molecular flexibility index (Phi) is 9.25. The number of carbonyl (C=O) groups is 2. The molecular formula is C35H39F2N5O2. The second kappa shape index (κ2) is 13.1. The average Bonchev–Trinajstić information content (AvgIpc) is 3.39. The molecule has 1 aliphatic rings. The van der Waals surface area contributed by atoms with Gasteiger partial charge in [-0.3, -0.25) is 10.1 Å². The van der Waals surface area contributed by atoms with Gasteiger partial charge < -0.3 is 10.6 Å². The number of ketones is 1. The first-order chi connectivity index (χ1) is 21.0. The van der Waals surface area contributed by atoms with E-state index in [1.54, 1.807) is 16.8 Å². The van der Waals surface area contributed by atoms with Gasteiger partial charge >= 0.3 is 6.03 Å². The second-order valence-electron chi connectivity index (χ2n) is 12.6. The zero-order valence-electron chi connectivity index (χ0n) is 25.6. The molecule has 1 aliphatic heterocycles. The van der Waals surface area contributed by atoms with Gasteiger partial charge in [-0.1, -0.05) is 56.7 Å². The predicted octanol–water partition coefficient (Wildman–Crippen LogP) is 7.30. The molecule has 1 saturated heterocycles. The van der Waals surface area contributed by atoms with E-state index >= 15 is 0 Å². The SMILES string of the molecule is Cc1ccc(-n2nc(C(C)(C)C)cc2NC(=O)Nc2ccccc2C(C(=O)Cc2cc(F)cc(F)c2)C2CCNCC2)cc1. The van der Waals surface area contributed by atoms with Crippen molar-refractivity contribution in [3.05, 3.63) is 107 Å². The van der Waals surface area contributed by atoms with Crippen LogP contribution < -0.4 is 16.0 Å². The van der Waals surface area contributed by atoms with Gasteiger partial charge in [0.1, 0.15) is 23.2 Å². The first-order valence-corrected chi connectivity index (χ1v) is 15.0. The number of amides is 2. The number of urea groups is 1. The van der Waals surface area contributed by atoms with Gasteiger partial charge in [-0.2, -0.15) is 5.10 Å². The first-order valence-electron chi connectivity index (χ1n) is 15.0. The fourth-order valence-corrected chi connectivity index (χ4v) is 5.76. The van der Waals surface area contributed by atoms with E-state index in [9.17, 15) is 18.4 Å². The molecule has 0 saturated carbocycles. The molecule has 0 aliphatic carbocycles. The zero-order chi connectivity index (χ0) is 31.4. The van der Waals surface area contributed by atoms with Crippen LogP contribution in [0.25, 0.3) is 5.69 Å². The Bertz CT molecular complexity index is 1620. The van der Waals surface area contributed by atoms with Gasteiger partial charge in [0.25, 0.3) is 0 Å². The summed E-state index contributed by atoms with van der Waals surface area (Å²) in [5, 5.41) is 14.1. The summed E-state index contributed by atoms with van der Waals surface area (Å²) in [4.78, 5) is 27.4. The summed E-state index contributed by atoms with van der Waals surface area (Å²) in [6.07, 6.45) is 1.41. The zero-order valence-corrected chi connectivity index (χ0v) is 25.6. The largest absolute Gasteiger partial charge is 0.324 e. The molecule has 44 heavy (non-hydrogen) atoms. The lowest BCUT2D eigenvalue weighted by atomic mass is 9.76. The maximum absolute atomic E-state index is 13.9. The van der Waals surface area contributed by atoms with E-state index in [4.69, 9.17) is 5.10 Å². The maximum atomic E-state index is 13.9. The number of rotatable bonds is 8. The number of halogens is 2. The van der Waals surface area contributed by atoms with E-state index in [-0.39, 0.29) is 29.1 Å². The third kappa shape index (κ3) is 7.39. The highest BCUT2D eigenvalue weighted by Gasteiger charge is 2.33. The van der Waals surface area contributed by atoms with E-state index in [1.165, 1.54) is 12.1 Å². The lowest BCUT2D eigenvalue weighted by molar-refractivity contribution is -0.121. The molecule has 7 nitrogen and oxygen atoms in total. The minimum atomic E-state index is -0.718. The minimum Gasteiger partial charge on any atom is -0.317 e. The molecule has 0 spiro atoms. The molecule has 5 rings (SSSR count). The number of aromatic nitrogens is 2. The van der Waals surface area contributed by atoms with E-state index in [0.29, 0.717) is 17.1 Å². The number of Topliss-reactive ketones (excluding diaryl/α,β-unsaturated/α-hetero) is 1. The number of hydrogen-bond acceptors (Lipinski definition) is 4. The maximum Gasteiger partial charge on any atom is 0.324 e. The smallest absolute Gasteiger partial charge is 0.317 e. The minimum absolute atomic E-state index is 0.00507. The van der Waals surface area contributed by atoms with Crippen molar-refractivity contribution in [2.45, 2.75) is 58.3 Å². The highest BCUT2D eigenvalue weighted by atomic mass is 19.1. The van der Waals surface area contributed by atoms with Crippen LogP contribution in [0.5, 0.6) is 0 Å². The van der Waals surface area contributed by atoms with Crippen LogP contribution in [0, 0.1) is 24.5 Å². The molecule has 4 aromatic rings. The molecule has 2 amide bonds. The lowest BCUT2D eigenvalue weighted by Crippen LogP contribution is -2.34. The number of hydrogen-bond donors (Lipinski definition) is 3. The summed E-state index contributed by atoms with van der Waals surface area (Å²) < 4.78 is 29.6. The number of piperidine rings is 1. The van der Waals surface area contributed by atoms with Crippen LogP contribution in [0.1, 0.15) is 61.9 Å². The monoisotopic (exact) mass is 599 g/mol. The van der Waals surface area contributed by atoms with Crippen molar-refractivity contribution in [3.63, 3.8) is 0 Å². The van der Waals surface area contributed by atoms with E-state index < -0.39 is 23.6 Å². The normalized spacial score (nSPS) is 14.7. The summed E-state index contributed by atoms with van der Waals surface area (Å²) in [6, 6.07) is 19.7. The molecule has 1 fully saturated rings. The van der Waals surface area contributed by atoms with Gasteiger partial charge in [-0.05, 0) is 80.2 Å². The Morgan fingerprint density at radius 3 is 2.27 bits per heavy atom. The number of nitrogens with one attached hydrogen (secondary N) is 3. The number of carbonyl (C=O) groups excluding carboxylic acids is 2. The van der Waals surface area contributed by atoms with Crippen LogP contribution in [-0.2, 0) is 16.6 Å². The predicted molar refractivity (Wildman–Crippen MR) is 169 cm³/mol. The summed E-state index contributed by atoms with van der Waals surface area (Å²) in [5.41, 5.74) is 3.97. The van der Waals surface area contributed by atoms with Crippen molar-refractivity contribution in [2.24, 2.45) is 5.92 Å². The van der Waals surface area contributed by atoms with Gasteiger partial charge in [-0.25, -0.2) is 18.3 Å². The highest BCUT2D eigenvalue weighted by Crippen LogP contribution is 2.37. The first kappa shape index (κ1) is 31.1. The second-order valence-corrected chi connectivity index (χ2v) is 12.6. The average molecular weight is 600 g/mol. The van der Waals surface area contributed by atoms with Crippen LogP contribution in [-0.4, -0.2) is 34.7 Å². The van der Waals surface area contributed by atoms with Crippen molar-refractivity contribution in [1.82, 2.24) is 15.1 Å². The quantitative estimate of drug-likeness (QED) is 0.198. The Labute approximate surface area is 257 Å². The molecule has 1 unspecified atom stereocenters. The summed E-state index contributed by atoms with van der Waals surface area (Å²) >= 11 is 0. The Balaban J connectivity index is 1.44. The molecule has 3 N–H and O–H groups in total. The van der Waals surface area contributed by atoms with Crippen molar-refractivity contribution < 1.29 is 18.4 Å². The van der Waals surface area contributed by atoms with Crippen LogP contribution in [0.2, 0.25) is 0 Å². The molecule has 0 bridgehead atoms. The number of aryl methyl sites for hydroxylation is 1. The molecule has 1 aromatic heterocycles. The van der Waals surface area contributed by atoms with Gasteiger partial charge in [-0.15, -0.1) is 0 Å². The molecule has 3 aromatic carbocycles. The van der Waals surface area contributed by atoms with Gasteiger partial charge in [0.15, 0.2) is 0 Å². The van der Waals surface area contributed by atoms with Crippen LogP contribution in [0.15, 0.2) is 72.8 Å². The molecule has 230 valence electrons. The third-order valence-corrected chi connectivity index (χ3v) is 8.04. The lowest BCUT2D eigenvalue weighted by Gasteiger charge is -2.31. The van der Waals surface area contributed by atoms with E-state index in [1.807, 2.05) is 49.4 Å². The molecule has 1 atom stereocenters. The third-order valence-electron chi connectivity index (χ3n) is 8.04. The van der Waals surface area contributed by atoms with Crippen LogP contribution in [0.3, 0.4) is 0 Å². The summed E-state index contributed by atoms with van der Waals surface area (Å²) in [6.45, 7) is 9.72. The van der Waals surface area contributed by atoms with Gasteiger partial charge in [0.05, 0.1) is 11.4 Å². The molecular weight excluding hydrogens is 560 g/mol. The van der Waals surface area contributed by atoms with E-state index in [0.717, 1.165) is 48.9 Å². The topological polar surface area (TPSA) is 88.1 Å². The highest BCUT2D eigenvalue weighted by molar-refractivity contribution is 6.01. The summed E-state index contributed by atoms with van der Waals surface area (Å²) in [7, 11) is 0. The van der Waals surface area contributed by atoms with Gasteiger partial charge in [0, 0.05) is 35.6 Å². The van der Waals surface area contributed by atoms with Crippen LogP contribution >= 0.6 is 0 Å². The number of anilines is 2. The van der Waals surface area contributed by atoms with Crippen molar-refractivity contribution >= 4 is 23.3 Å². The van der Waals surface area contributed by atoms with Crippen molar-refractivity contribution in [1.29, 1.82) is 0 Å². The Morgan fingerprint density at radius 2 is 1.61 bits per heavy atom. The van der Waals surface area contributed by atoms with Crippen molar-refractivity contribution in [3.8, 4) is 5.69 Å². The van der Waals surface area contributed by atoms with Gasteiger partial charge in [0.2, 0.25) is 0 Å². The molecule has 9 heteroatoms. The molecule has 2 heterocycles. The fraction of sp³-hybridized carbons (Fsp3) is 0.343. The van der Waals surface area contributed by atoms with Crippen LogP contribution in [0.4, 0.5) is 25.1 Å². The number of para-hydroxylation sites is 1. The number of benzene rings is 3. The Hall–Kier alpha value is -4.37. The standard InChI is InChI=1S/C35H39F2N5O2/c1-22-9-11-27(12-10-22)42-32(21-31(41-42)35(2,3)4)40-34(44)39-29-8-6-5-7-28(29)33(24-13-15-38-16-14-24)30(43)19-23-17-25(36)20-26(37)18-23/h5-12,17-18,20-21,24,33,38H,13-16,19H2,1-4H3,(H2,39,40,44). The fourth-order valence-electron chi connectivity index (χ4n) is 5.76. The number of nitrogens with zero attached hydrogens (tertiary/aromatic N) is 2. The van der Waals surface area contributed by atoms with Crippen molar-refractivity contribution in [2.75, 3.05) is 23.7 Å². The Morgan fingerprint density at radius 1 is 0.955 bits per heavy atom. The summed E-state index contributed by atoms with van der Waals surface area (Å²) in [5.74, 6) is -1.64. The van der Waals surface area contributed by atoms with E-state index in [2.05, 4.69) is 36.7 Å².